The summed E-state index contributed by atoms with van der Waals surface area (Å²) in [5.74, 6) is -1.31. The molecule has 1 saturated heterocycles. The summed E-state index contributed by atoms with van der Waals surface area (Å²) in [6, 6.07) is 11.6. The van der Waals surface area contributed by atoms with Crippen molar-refractivity contribution in [3.05, 3.63) is 47.0 Å². The zero-order chi connectivity index (χ0) is 25.3. The average molecular weight is 520 g/mol. The Morgan fingerprint density at radius 1 is 1.08 bits per heavy atom. The average Bonchev–Trinajstić information content (AvgIpc) is 3.53. The highest BCUT2D eigenvalue weighted by Crippen LogP contribution is 2.39. The van der Waals surface area contributed by atoms with Crippen molar-refractivity contribution in [3.63, 3.8) is 0 Å². The van der Waals surface area contributed by atoms with Gasteiger partial charge in [-0.1, -0.05) is 17.7 Å². The molecular formula is C26H29ClF3N5O. The molecule has 192 valence electrons. The Morgan fingerprint density at radius 2 is 1.83 bits per heavy atom. The maximum Gasteiger partial charge on any atom is 0.391 e. The molecule has 0 radical (unpaired) electrons. The normalized spacial score (nSPS) is 20.6. The third-order valence-corrected chi connectivity index (χ3v) is 7.58. The SMILES string of the molecule is O=C(NCc1ccc(Cl)c(Nc2nc3cc(N4CCCC4)ccc3[nH]2)c1)C1CCC(C(F)(F)F)CC1. The van der Waals surface area contributed by atoms with E-state index in [-0.39, 0.29) is 44.1 Å². The highest BCUT2D eigenvalue weighted by Gasteiger charge is 2.42. The van der Waals surface area contributed by atoms with Crippen LogP contribution >= 0.6 is 11.6 Å². The number of hydrogen-bond acceptors (Lipinski definition) is 4. The first-order chi connectivity index (χ1) is 17.3. The lowest BCUT2D eigenvalue weighted by atomic mass is 9.81. The van der Waals surface area contributed by atoms with Gasteiger partial charge in [0, 0.05) is 31.2 Å². The van der Waals surface area contributed by atoms with Crippen molar-refractivity contribution in [2.24, 2.45) is 11.8 Å². The van der Waals surface area contributed by atoms with Crippen LogP contribution in [0.2, 0.25) is 5.02 Å². The van der Waals surface area contributed by atoms with E-state index in [4.69, 9.17) is 11.6 Å². The van der Waals surface area contributed by atoms with Crippen LogP contribution in [0.4, 0.5) is 30.5 Å². The summed E-state index contributed by atoms with van der Waals surface area (Å²) in [6.45, 7) is 2.40. The second kappa shape index (κ2) is 10.2. The lowest BCUT2D eigenvalue weighted by Gasteiger charge is -2.29. The fourth-order valence-corrected chi connectivity index (χ4v) is 5.31. The Balaban J connectivity index is 1.20. The fourth-order valence-electron chi connectivity index (χ4n) is 5.15. The third kappa shape index (κ3) is 5.56. The molecule has 5 rings (SSSR count). The Kier molecular flexibility index (Phi) is 7.01. The minimum Gasteiger partial charge on any atom is -0.371 e. The second-order valence-electron chi connectivity index (χ2n) is 9.73. The molecule has 0 atom stereocenters. The number of carbonyl (C=O) groups is 1. The van der Waals surface area contributed by atoms with Crippen molar-refractivity contribution in [1.29, 1.82) is 0 Å². The molecule has 3 N–H and O–H groups in total. The number of nitrogens with zero attached hydrogens (tertiary/aromatic N) is 2. The minimum absolute atomic E-state index is 0.00756. The first-order valence-corrected chi connectivity index (χ1v) is 12.8. The topological polar surface area (TPSA) is 73.1 Å². The van der Waals surface area contributed by atoms with E-state index in [2.05, 4.69) is 37.6 Å². The number of nitrogens with one attached hydrogen (secondary N) is 3. The summed E-state index contributed by atoms with van der Waals surface area (Å²) in [6.07, 6.45) is -1.23. The van der Waals surface area contributed by atoms with E-state index in [0.29, 0.717) is 16.7 Å². The van der Waals surface area contributed by atoms with Crippen LogP contribution in [0.5, 0.6) is 0 Å². The molecule has 6 nitrogen and oxygen atoms in total. The van der Waals surface area contributed by atoms with Crippen LogP contribution in [0.3, 0.4) is 0 Å². The summed E-state index contributed by atoms with van der Waals surface area (Å²) >= 11 is 6.40. The van der Waals surface area contributed by atoms with Crippen molar-refractivity contribution in [3.8, 4) is 0 Å². The molecule has 1 aromatic heterocycles. The number of hydrogen-bond donors (Lipinski definition) is 3. The lowest BCUT2D eigenvalue weighted by molar-refractivity contribution is -0.184. The molecule has 0 unspecified atom stereocenters. The molecule has 1 amide bonds. The summed E-state index contributed by atoms with van der Waals surface area (Å²) < 4.78 is 38.6. The van der Waals surface area contributed by atoms with Crippen LogP contribution < -0.4 is 15.5 Å². The number of carbonyl (C=O) groups excluding carboxylic acids is 1. The number of H-pyrrole nitrogens is 1. The standard InChI is InChI=1S/C26H29ClF3N5O/c27-20-9-3-16(15-31-24(36)17-4-6-18(7-5-17)26(28,29)30)13-22(20)33-25-32-21-10-8-19(14-23(21)34-25)35-11-1-2-12-35/h3,8-10,13-14,17-18H,1-2,4-7,11-12,15H2,(H,31,36)(H2,32,33,34). The number of halogens is 4. The van der Waals surface area contributed by atoms with Gasteiger partial charge in [0.1, 0.15) is 0 Å². The molecule has 36 heavy (non-hydrogen) atoms. The van der Waals surface area contributed by atoms with Gasteiger partial charge in [0.15, 0.2) is 0 Å². The molecule has 10 heteroatoms. The molecule has 2 heterocycles. The van der Waals surface area contributed by atoms with Crippen LogP contribution in [0.1, 0.15) is 44.1 Å². The number of amides is 1. The van der Waals surface area contributed by atoms with Crippen molar-refractivity contribution < 1.29 is 18.0 Å². The number of alkyl halides is 3. The minimum atomic E-state index is -4.18. The van der Waals surface area contributed by atoms with Crippen molar-refractivity contribution in [1.82, 2.24) is 15.3 Å². The van der Waals surface area contributed by atoms with Crippen molar-refractivity contribution >= 4 is 45.9 Å². The summed E-state index contributed by atoms with van der Waals surface area (Å²) in [5, 5.41) is 6.61. The van der Waals surface area contributed by atoms with E-state index in [1.807, 2.05) is 18.2 Å². The van der Waals surface area contributed by atoms with E-state index in [0.717, 1.165) is 29.7 Å². The monoisotopic (exact) mass is 519 g/mol. The van der Waals surface area contributed by atoms with Crippen LogP contribution in [0, 0.1) is 11.8 Å². The number of rotatable bonds is 6. The van der Waals surface area contributed by atoms with Gasteiger partial charge in [0.2, 0.25) is 11.9 Å². The predicted octanol–water partition coefficient (Wildman–Crippen LogP) is 6.55. The number of anilines is 3. The molecule has 0 bridgehead atoms. The molecule has 2 fully saturated rings. The van der Waals surface area contributed by atoms with E-state index >= 15 is 0 Å². The highest BCUT2D eigenvalue weighted by molar-refractivity contribution is 6.33. The zero-order valence-electron chi connectivity index (χ0n) is 19.8. The summed E-state index contributed by atoms with van der Waals surface area (Å²) in [4.78, 5) is 22.8. The van der Waals surface area contributed by atoms with Gasteiger partial charge < -0.3 is 20.5 Å². The Labute approximate surface area is 212 Å². The van der Waals surface area contributed by atoms with Gasteiger partial charge in [-0.05, 0) is 74.4 Å². The molecule has 1 aliphatic carbocycles. The maximum absolute atomic E-state index is 12.9. The molecule has 2 aliphatic rings. The summed E-state index contributed by atoms with van der Waals surface area (Å²) in [5.41, 5.74) is 4.42. The van der Waals surface area contributed by atoms with Gasteiger partial charge in [-0.15, -0.1) is 0 Å². The summed E-state index contributed by atoms with van der Waals surface area (Å²) in [7, 11) is 0. The zero-order valence-corrected chi connectivity index (χ0v) is 20.6. The van der Waals surface area contributed by atoms with Gasteiger partial charge in [-0.2, -0.15) is 13.2 Å². The predicted molar refractivity (Wildman–Crippen MR) is 136 cm³/mol. The van der Waals surface area contributed by atoms with E-state index in [9.17, 15) is 18.0 Å². The number of fused-ring (bicyclic) bond motifs is 1. The smallest absolute Gasteiger partial charge is 0.371 e. The number of aromatic nitrogens is 2. The van der Waals surface area contributed by atoms with Gasteiger partial charge in [0.25, 0.3) is 0 Å². The molecule has 0 spiro atoms. The highest BCUT2D eigenvalue weighted by atomic mass is 35.5. The van der Waals surface area contributed by atoms with Crippen LogP contribution in [0.25, 0.3) is 11.0 Å². The van der Waals surface area contributed by atoms with Gasteiger partial charge in [-0.3, -0.25) is 4.79 Å². The van der Waals surface area contributed by atoms with Crippen LogP contribution in [0.15, 0.2) is 36.4 Å². The third-order valence-electron chi connectivity index (χ3n) is 7.25. The van der Waals surface area contributed by atoms with E-state index < -0.39 is 12.1 Å². The molecule has 1 aliphatic heterocycles. The molecule has 3 aromatic rings. The van der Waals surface area contributed by atoms with Crippen LogP contribution in [-0.2, 0) is 11.3 Å². The van der Waals surface area contributed by atoms with E-state index in [1.165, 1.54) is 18.5 Å². The molecule has 2 aromatic carbocycles. The van der Waals surface area contributed by atoms with Gasteiger partial charge >= 0.3 is 6.18 Å². The van der Waals surface area contributed by atoms with Crippen LogP contribution in [-0.4, -0.2) is 35.1 Å². The second-order valence-corrected chi connectivity index (χ2v) is 10.1. The molecular weight excluding hydrogens is 491 g/mol. The Morgan fingerprint density at radius 3 is 2.56 bits per heavy atom. The molecule has 1 saturated carbocycles. The first kappa shape index (κ1) is 24.7. The van der Waals surface area contributed by atoms with Crippen molar-refractivity contribution in [2.75, 3.05) is 23.3 Å². The lowest BCUT2D eigenvalue weighted by Crippen LogP contribution is -2.35. The maximum atomic E-state index is 12.9. The first-order valence-electron chi connectivity index (χ1n) is 12.4. The number of benzene rings is 2. The fraction of sp³-hybridized carbons (Fsp3) is 0.462. The Bertz CT molecular complexity index is 1230. The largest absolute Gasteiger partial charge is 0.391 e. The number of imidazole rings is 1. The quantitative estimate of drug-likeness (QED) is 0.345. The van der Waals surface area contributed by atoms with Gasteiger partial charge in [-0.25, -0.2) is 4.98 Å². The Hall–Kier alpha value is -2.94. The van der Waals surface area contributed by atoms with E-state index in [1.54, 1.807) is 6.07 Å². The number of aromatic amines is 1. The van der Waals surface area contributed by atoms with Crippen molar-refractivity contribution in [2.45, 2.75) is 51.2 Å². The van der Waals surface area contributed by atoms with Gasteiger partial charge in [0.05, 0.1) is 27.7 Å².